The third-order valence-electron chi connectivity index (χ3n) is 3.84. The number of urea groups is 1. The molecule has 2 aromatic heterocycles. The van der Waals surface area contributed by atoms with Crippen LogP contribution in [0.4, 0.5) is 4.79 Å². The standard InChI is InChI=1S/C18H19N3OS/c1-13-8-10-23-16(13)12-21(2)18(22)20-11-15-6-3-5-14-7-4-9-19-17(14)15/h3-10H,11-12H2,1-2H3,(H,20,22). The number of rotatable bonds is 4. The molecule has 23 heavy (non-hydrogen) atoms. The molecule has 0 saturated heterocycles. The number of benzene rings is 1. The molecule has 1 aromatic carbocycles. The molecule has 0 saturated carbocycles. The normalized spacial score (nSPS) is 10.7. The molecule has 2 amide bonds. The van der Waals surface area contributed by atoms with Crippen molar-refractivity contribution in [2.24, 2.45) is 0 Å². The van der Waals surface area contributed by atoms with Crippen molar-refractivity contribution in [2.45, 2.75) is 20.0 Å². The van der Waals surface area contributed by atoms with Crippen molar-refractivity contribution in [3.05, 3.63) is 64.0 Å². The van der Waals surface area contributed by atoms with E-state index in [9.17, 15) is 4.79 Å². The van der Waals surface area contributed by atoms with Crippen molar-refractivity contribution in [1.29, 1.82) is 0 Å². The first-order chi connectivity index (χ1) is 11.1. The predicted octanol–water partition coefficient (Wildman–Crippen LogP) is 3.95. The lowest BCUT2D eigenvalue weighted by atomic mass is 10.1. The molecule has 3 aromatic rings. The van der Waals surface area contributed by atoms with Crippen LogP contribution in [0.25, 0.3) is 10.9 Å². The molecule has 0 spiro atoms. The van der Waals surface area contributed by atoms with Gasteiger partial charge >= 0.3 is 6.03 Å². The fourth-order valence-electron chi connectivity index (χ4n) is 2.47. The van der Waals surface area contributed by atoms with Crippen LogP contribution >= 0.6 is 11.3 Å². The molecule has 3 rings (SSSR count). The Balaban J connectivity index is 1.65. The van der Waals surface area contributed by atoms with E-state index in [-0.39, 0.29) is 6.03 Å². The highest BCUT2D eigenvalue weighted by molar-refractivity contribution is 7.10. The molecule has 118 valence electrons. The number of amides is 2. The maximum atomic E-state index is 12.3. The van der Waals surface area contributed by atoms with Gasteiger partial charge in [0.15, 0.2) is 0 Å². The number of thiophene rings is 1. The van der Waals surface area contributed by atoms with Crippen LogP contribution in [-0.4, -0.2) is 23.0 Å². The molecule has 4 nitrogen and oxygen atoms in total. The number of hydrogen-bond donors (Lipinski definition) is 1. The Morgan fingerprint density at radius 3 is 2.87 bits per heavy atom. The van der Waals surface area contributed by atoms with Crippen LogP contribution in [0, 0.1) is 6.92 Å². The minimum absolute atomic E-state index is 0.0780. The van der Waals surface area contributed by atoms with Gasteiger partial charge in [-0.15, -0.1) is 11.3 Å². The molecule has 0 radical (unpaired) electrons. The average molecular weight is 325 g/mol. The Labute approximate surface area is 139 Å². The molecule has 2 heterocycles. The zero-order valence-electron chi connectivity index (χ0n) is 13.2. The van der Waals surface area contributed by atoms with Gasteiger partial charge in [-0.1, -0.05) is 24.3 Å². The first-order valence-corrected chi connectivity index (χ1v) is 8.37. The molecule has 0 aliphatic carbocycles. The summed E-state index contributed by atoms with van der Waals surface area (Å²) in [4.78, 5) is 19.6. The minimum Gasteiger partial charge on any atom is -0.334 e. The van der Waals surface area contributed by atoms with Crippen LogP contribution in [0.2, 0.25) is 0 Å². The Hall–Kier alpha value is -2.40. The summed E-state index contributed by atoms with van der Waals surface area (Å²) in [6.07, 6.45) is 1.78. The topological polar surface area (TPSA) is 45.2 Å². The summed E-state index contributed by atoms with van der Waals surface area (Å²) in [5, 5.41) is 6.11. The zero-order valence-corrected chi connectivity index (χ0v) is 14.1. The highest BCUT2D eigenvalue weighted by atomic mass is 32.1. The van der Waals surface area contributed by atoms with E-state index in [4.69, 9.17) is 0 Å². The van der Waals surface area contributed by atoms with Gasteiger partial charge in [0.1, 0.15) is 0 Å². The highest BCUT2D eigenvalue weighted by Crippen LogP contribution is 2.18. The third kappa shape index (κ3) is 3.51. The van der Waals surface area contributed by atoms with Gasteiger partial charge in [0, 0.05) is 30.1 Å². The van der Waals surface area contributed by atoms with Crippen LogP contribution in [0.5, 0.6) is 0 Å². The van der Waals surface area contributed by atoms with Crippen molar-refractivity contribution in [3.63, 3.8) is 0 Å². The van der Waals surface area contributed by atoms with Gasteiger partial charge in [-0.3, -0.25) is 4.98 Å². The van der Waals surface area contributed by atoms with E-state index in [1.807, 2.05) is 37.4 Å². The molecular weight excluding hydrogens is 306 g/mol. The highest BCUT2D eigenvalue weighted by Gasteiger charge is 2.11. The SMILES string of the molecule is Cc1ccsc1CN(C)C(=O)NCc1cccc2cccnc12. The lowest BCUT2D eigenvalue weighted by molar-refractivity contribution is 0.207. The van der Waals surface area contributed by atoms with E-state index in [1.54, 1.807) is 22.4 Å². The maximum Gasteiger partial charge on any atom is 0.317 e. The maximum absolute atomic E-state index is 12.3. The first-order valence-electron chi connectivity index (χ1n) is 7.49. The van der Waals surface area contributed by atoms with Gasteiger partial charge in [0.2, 0.25) is 0 Å². The van der Waals surface area contributed by atoms with Crippen LogP contribution in [0.1, 0.15) is 16.0 Å². The lowest BCUT2D eigenvalue weighted by Crippen LogP contribution is -2.36. The molecule has 0 bridgehead atoms. The Morgan fingerprint density at radius 1 is 1.26 bits per heavy atom. The number of hydrogen-bond acceptors (Lipinski definition) is 3. The van der Waals surface area contributed by atoms with Gasteiger partial charge in [0.25, 0.3) is 0 Å². The number of nitrogens with zero attached hydrogens (tertiary/aromatic N) is 2. The predicted molar refractivity (Wildman–Crippen MR) is 94.5 cm³/mol. The molecule has 0 fully saturated rings. The van der Waals surface area contributed by atoms with Crippen molar-refractivity contribution in [3.8, 4) is 0 Å². The number of para-hydroxylation sites is 1. The second-order valence-electron chi connectivity index (χ2n) is 5.53. The summed E-state index contributed by atoms with van der Waals surface area (Å²) in [6, 6.07) is 12.0. The quantitative estimate of drug-likeness (QED) is 0.789. The Kier molecular flexibility index (Phi) is 4.57. The lowest BCUT2D eigenvalue weighted by Gasteiger charge is -2.18. The fourth-order valence-corrected chi connectivity index (χ4v) is 3.43. The summed E-state index contributed by atoms with van der Waals surface area (Å²) in [5.41, 5.74) is 3.19. The largest absolute Gasteiger partial charge is 0.334 e. The van der Waals surface area contributed by atoms with Crippen molar-refractivity contribution >= 4 is 28.3 Å². The summed E-state index contributed by atoms with van der Waals surface area (Å²) < 4.78 is 0. The number of aryl methyl sites for hydroxylation is 1. The van der Waals surface area contributed by atoms with Crippen LogP contribution in [0.15, 0.2) is 48.0 Å². The van der Waals surface area contributed by atoms with Crippen molar-refractivity contribution < 1.29 is 4.79 Å². The smallest absolute Gasteiger partial charge is 0.317 e. The number of carbonyl (C=O) groups is 1. The zero-order chi connectivity index (χ0) is 16.2. The van der Waals surface area contributed by atoms with E-state index in [2.05, 4.69) is 28.7 Å². The van der Waals surface area contributed by atoms with E-state index in [0.717, 1.165) is 16.5 Å². The molecule has 0 atom stereocenters. The monoisotopic (exact) mass is 325 g/mol. The van der Waals surface area contributed by atoms with Gasteiger partial charge in [-0.2, -0.15) is 0 Å². The van der Waals surface area contributed by atoms with E-state index < -0.39 is 0 Å². The first kappa shape index (κ1) is 15.5. The summed E-state index contributed by atoms with van der Waals surface area (Å²) in [6.45, 7) is 3.17. The van der Waals surface area contributed by atoms with E-state index in [0.29, 0.717) is 13.1 Å². The molecule has 0 aliphatic heterocycles. The fraction of sp³-hybridized carbons (Fsp3) is 0.222. The number of aromatic nitrogens is 1. The summed E-state index contributed by atoms with van der Waals surface area (Å²) in [5.74, 6) is 0. The number of pyridine rings is 1. The van der Waals surface area contributed by atoms with Crippen LogP contribution < -0.4 is 5.32 Å². The number of nitrogens with one attached hydrogen (secondary N) is 1. The van der Waals surface area contributed by atoms with E-state index in [1.165, 1.54) is 10.4 Å². The Morgan fingerprint density at radius 2 is 2.09 bits per heavy atom. The van der Waals surface area contributed by atoms with E-state index >= 15 is 0 Å². The summed E-state index contributed by atoms with van der Waals surface area (Å²) in [7, 11) is 1.82. The Bertz CT molecular complexity index is 823. The van der Waals surface area contributed by atoms with Gasteiger partial charge in [-0.05, 0) is 35.6 Å². The molecule has 1 N–H and O–H groups in total. The van der Waals surface area contributed by atoms with Gasteiger partial charge in [-0.25, -0.2) is 4.79 Å². The summed E-state index contributed by atoms with van der Waals surface area (Å²) >= 11 is 1.68. The van der Waals surface area contributed by atoms with Crippen molar-refractivity contribution in [1.82, 2.24) is 15.2 Å². The number of fused-ring (bicyclic) bond motifs is 1. The molecule has 0 aliphatic rings. The second kappa shape index (κ2) is 6.79. The van der Waals surface area contributed by atoms with Crippen LogP contribution in [0.3, 0.4) is 0 Å². The second-order valence-corrected chi connectivity index (χ2v) is 6.53. The van der Waals surface area contributed by atoms with Crippen molar-refractivity contribution in [2.75, 3.05) is 7.05 Å². The molecule has 0 unspecified atom stereocenters. The average Bonchev–Trinajstić information content (AvgIpc) is 2.97. The third-order valence-corrected chi connectivity index (χ3v) is 4.85. The molecule has 5 heteroatoms. The molecular formula is C18H19N3OS. The van der Waals surface area contributed by atoms with Crippen LogP contribution in [-0.2, 0) is 13.1 Å². The number of carbonyl (C=O) groups excluding carboxylic acids is 1. The minimum atomic E-state index is -0.0780. The van der Waals surface area contributed by atoms with Gasteiger partial charge in [0.05, 0.1) is 12.1 Å². The van der Waals surface area contributed by atoms with Gasteiger partial charge < -0.3 is 10.2 Å².